The Hall–Kier alpha value is -1.60. The van der Waals surface area contributed by atoms with E-state index in [1.807, 2.05) is 24.3 Å². The number of hydrogen-bond donors (Lipinski definition) is 0. The van der Waals surface area contributed by atoms with Gasteiger partial charge in [-0.05, 0) is 24.1 Å². The summed E-state index contributed by atoms with van der Waals surface area (Å²) in [7, 11) is 1.64. The number of hydrogen-bond acceptors (Lipinski definition) is 3. The lowest BCUT2D eigenvalue weighted by molar-refractivity contribution is 0.414. The predicted molar refractivity (Wildman–Crippen MR) is 59.0 cm³/mol. The van der Waals surface area contributed by atoms with Crippen LogP contribution in [0.4, 0.5) is 0 Å². The summed E-state index contributed by atoms with van der Waals surface area (Å²) in [5.41, 5.74) is 1.18. The van der Waals surface area contributed by atoms with Crippen LogP contribution in [-0.4, -0.2) is 19.7 Å². The fourth-order valence-corrected chi connectivity index (χ4v) is 1.49. The maximum absolute atomic E-state index is 10.0. The fourth-order valence-electron chi connectivity index (χ4n) is 1.49. The van der Waals surface area contributed by atoms with Gasteiger partial charge in [0.1, 0.15) is 5.75 Å². The summed E-state index contributed by atoms with van der Waals surface area (Å²) >= 11 is 0. The third kappa shape index (κ3) is 3.22. The summed E-state index contributed by atoms with van der Waals surface area (Å²) in [4.78, 5) is 13.7. The number of methoxy groups -OCH3 is 1. The van der Waals surface area contributed by atoms with Crippen molar-refractivity contribution in [2.75, 3.05) is 13.7 Å². The molecule has 0 saturated heterocycles. The highest BCUT2D eigenvalue weighted by atomic mass is 16.5. The van der Waals surface area contributed by atoms with E-state index < -0.39 is 0 Å². The minimum absolute atomic E-state index is 0.289. The summed E-state index contributed by atoms with van der Waals surface area (Å²) in [6.07, 6.45) is 2.53. The number of aliphatic imine (C=N–C) groups is 1. The average Bonchev–Trinajstić information content (AvgIpc) is 2.31. The zero-order chi connectivity index (χ0) is 11.1. The molecule has 0 aliphatic carbocycles. The monoisotopic (exact) mass is 205 g/mol. The number of benzene rings is 1. The van der Waals surface area contributed by atoms with Crippen molar-refractivity contribution in [2.24, 2.45) is 4.99 Å². The van der Waals surface area contributed by atoms with E-state index in [2.05, 4.69) is 11.9 Å². The molecule has 0 amide bonds. The molecule has 15 heavy (non-hydrogen) atoms. The molecule has 0 aliphatic rings. The van der Waals surface area contributed by atoms with Crippen molar-refractivity contribution >= 4 is 6.08 Å². The molecule has 1 atom stereocenters. The first kappa shape index (κ1) is 11.5. The van der Waals surface area contributed by atoms with E-state index in [1.165, 1.54) is 5.56 Å². The van der Waals surface area contributed by atoms with Gasteiger partial charge in [0.15, 0.2) is 0 Å². The standard InChI is InChI=1S/C12H15NO2/c1-3-10(8-13-9-14)11-4-6-12(15-2)7-5-11/h4-7,10H,3,8H2,1-2H3. The number of carbonyl (C=O) groups excluding carboxylic acids is 1. The Balaban J connectivity index is 2.77. The van der Waals surface area contributed by atoms with Gasteiger partial charge in [-0.2, -0.15) is 0 Å². The van der Waals surface area contributed by atoms with E-state index in [9.17, 15) is 4.79 Å². The van der Waals surface area contributed by atoms with E-state index in [0.717, 1.165) is 12.2 Å². The second kappa shape index (κ2) is 5.99. The molecule has 0 heterocycles. The molecule has 0 aliphatic heterocycles. The predicted octanol–water partition coefficient (Wildman–Crippen LogP) is 2.52. The van der Waals surface area contributed by atoms with Crippen molar-refractivity contribution in [1.29, 1.82) is 0 Å². The second-order valence-electron chi connectivity index (χ2n) is 3.31. The van der Waals surface area contributed by atoms with E-state index in [4.69, 9.17) is 4.74 Å². The van der Waals surface area contributed by atoms with Crippen molar-refractivity contribution in [1.82, 2.24) is 0 Å². The molecule has 0 fully saturated rings. The summed E-state index contributed by atoms with van der Waals surface area (Å²) in [6.45, 7) is 2.58. The van der Waals surface area contributed by atoms with Gasteiger partial charge in [0.2, 0.25) is 6.08 Å². The van der Waals surface area contributed by atoms with Crippen LogP contribution in [0.15, 0.2) is 29.3 Å². The van der Waals surface area contributed by atoms with Gasteiger partial charge >= 0.3 is 0 Å². The molecule has 0 spiro atoms. The Labute approximate surface area is 89.8 Å². The minimum atomic E-state index is 0.289. The van der Waals surface area contributed by atoms with Gasteiger partial charge in [-0.1, -0.05) is 19.1 Å². The van der Waals surface area contributed by atoms with Crippen molar-refractivity contribution in [3.8, 4) is 5.75 Å². The van der Waals surface area contributed by atoms with Crippen molar-refractivity contribution in [3.05, 3.63) is 29.8 Å². The highest BCUT2D eigenvalue weighted by Gasteiger charge is 2.08. The molecule has 0 bridgehead atoms. The van der Waals surface area contributed by atoms with Gasteiger partial charge in [-0.25, -0.2) is 9.79 Å². The lowest BCUT2D eigenvalue weighted by Crippen LogP contribution is -2.01. The summed E-state index contributed by atoms with van der Waals surface area (Å²) in [6, 6.07) is 7.85. The van der Waals surface area contributed by atoms with Gasteiger partial charge in [0.25, 0.3) is 0 Å². The van der Waals surface area contributed by atoms with Crippen LogP contribution in [0.5, 0.6) is 5.75 Å². The van der Waals surface area contributed by atoms with Crippen LogP contribution in [0, 0.1) is 0 Å². The molecule has 1 aromatic carbocycles. The molecule has 0 radical (unpaired) electrons. The largest absolute Gasteiger partial charge is 0.497 e. The third-order valence-electron chi connectivity index (χ3n) is 2.46. The van der Waals surface area contributed by atoms with E-state index in [-0.39, 0.29) is 5.92 Å². The molecule has 3 heteroatoms. The van der Waals surface area contributed by atoms with Crippen LogP contribution in [0.25, 0.3) is 0 Å². The minimum Gasteiger partial charge on any atom is -0.497 e. The molecular formula is C12H15NO2. The summed E-state index contributed by atoms with van der Waals surface area (Å²) in [5.74, 6) is 1.13. The Bertz CT molecular complexity index is 339. The number of rotatable bonds is 5. The molecule has 80 valence electrons. The number of isocyanates is 1. The van der Waals surface area contributed by atoms with Gasteiger partial charge in [0, 0.05) is 5.92 Å². The van der Waals surface area contributed by atoms with Crippen LogP contribution in [0.3, 0.4) is 0 Å². The number of ether oxygens (including phenoxy) is 1. The smallest absolute Gasteiger partial charge is 0.234 e. The quantitative estimate of drug-likeness (QED) is 0.547. The molecule has 0 saturated carbocycles. The summed E-state index contributed by atoms with van der Waals surface area (Å²) in [5, 5.41) is 0. The highest BCUT2D eigenvalue weighted by molar-refractivity contribution is 5.34. The molecule has 0 aromatic heterocycles. The zero-order valence-corrected chi connectivity index (χ0v) is 9.06. The topological polar surface area (TPSA) is 38.7 Å². The van der Waals surface area contributed by atoms with Gasteiger partial charge in [0.05, 0.1) is 13.7 Å². The molecule has 3 nitrogen and oxygen atoms in total. The second-order valence-corrected chi connectivity index (χ2v) is 3.31. The SMILES string of the molecule is CCC(CN=C=O)c1ccc(OC)cc1. The Morgan fingerprint density at radius 3 is 2.53 bits per heavy atom. The van der Waals surface area contributed by atoms with Gasteiger partial charge < -0.3 is 4.74 Å². The van der Waals surface area contributed by atoms with Gasteiger partial charge in [-0.3, -0.25) is 0 Å². The van der Waals surface area contributed by atoms with Crippen LogP contribution < -0.4 is 4.74 Å². The third-order valence-corrected chi connectivity index (χ3v) is 2.46. The fraction of sp³-hybridized carbons (Fsp3) is 0.417. The van der Waals surface area contributed by atoms with E-state index in [1.54, 1.807) is 13.2 Å². The maximum Gasteiger partial charge on any atom is 0.234 e. The molecule has 1 rings (SSSR count). The normalized spacial score (nSPS) is 11.6. The van der Waals surface area contributed by atoms with Crippen molar-refractivity contribution in [2.45, 2.75) is 19.3 Å². The number of nitrogens with zero attached hydrogens (tertiary/aromatic N) is 1. The summed E-state index contributed by atoms with van der Waals surface area (Å²) < 4.78 is 5.08. The first-order valence-electron chi connectivity index (χ1n) is 4.99. The van der Waals surface area contributed by atoms with E-state index >= 15 is 0 Å². The molecule has 0 N–H and O–H groups in total. The maximum atomic E-state index is 10.0. The Morgan fingerprint density at radius 1 is 1.40 bits per heavy atom. The molecule has 1 unspecified atom stereocenters. The molecule has 1 aromatic rings. The highest BCUT2D eigenvalue weighted by Crippen LogP contribution is 2.22. The van der Waals surface area contributed by atoms with Crippen molar-refractivity contribution < 1.29 is 9.53 Å². The van der Waals surface area contributed by atoms with Crippen LogP contribution >= 0.6 is 0 Å². The van der Waals surface area contributed by atoms with Crippen LogP contribution in [-0.2, 0) is 4.79 Å². The first-order chi connectivity index (χ1) is 7.31. The Kier molecular flexibility index (Phi) is 4.58. The van der Waals surface area contributed by atoms with Crippen LogP contribution in [0.1, 0.15) is 24.8 Å². The zero-order valence-electron chi connectivity index (χ0n) is 9.06. The first-order valence-corrected chi connectivity index (χ1v) is 4.99. The molecular weight excluding hydrogens is 190 g/mol. The lowest BCUT2D eigenvalue weighted by Gasteiger charge is -2.12. The Morgan fingerprint density at radius 2 is 2.07 bits per heavy atom. The van der Waals surface area contributed by atoms with Crippen LogP contribution in [0.2, 0.25) is 0 Å². The lowest BCUT2D eigenvalue weighted by atomic mass is 9.97. The average molecular weight is 205 g/mol. The van der Waals surface area contributed by atoms with E-state index in [0.29, 0.717) is 6.54 Å². The van der Waals surface area contributed by atoms with Gasteiger partial charge in [-0.15, -0.1) is 0 Å². The van der Waals surface area contributed by atoms with Crippen molar-refractivity contribution in [3.63, 3.8) is 0 Å².